The number of nitrogens with zero attached hydrogens (tertiary/aromatic N) is 2. The largest absolute Gasteiger partial charge is 0.324 e. The van der Waals surface area contributed by atoms with E-state index in [0.29, 0.717) is 6.42 Å². The molecule has 96 valence electrons. The molecule has 1 heterocycles. The van der Waals surface area contributed by atoms with Crippen LogP contribution in [-0.2, 0) is 13.0 Å². The number of rotatable bonds is 4. The lowest BCUT2D eigenvalue weighted by molar-refractivity contribution is 0.617. The molecule has 2 N–H and O–H groups in total. The summed E-state index contributed by atoms with van der Waals surface area (Å²) in [5, 5.41) is 4.20. The average Bonchev–Trinajstić information content (AvgIpc) is 2.75. The van der Waals surface area contributed by atoms with Gasteiger partial charge in [0.15, 0.2) is 0 Å². The number of halogens is 1. The van der Waals surface area contributed by atoms with Crippen LogP contribution in [0.3, 0.4) is 0 Å². The Labute approximate surface area is 106 Å². The number of aryl methyl sites for hydroxylation is 2. The first-order chi connectivity index (χ1) is 8.58. The third kappa shape index (κ3) is 2.96. The molecule has 0 radical (unpaired) electrons. The van der Waals surface area contributed by atoms with Crippen molar-refractivity contribution in [1.29, 1.82) is 0 Å². The highest BCUT2D eigenvalue weighted by molar-refractivity contribution is 5.27. The van der Waals surface area contributed by atoms with Crippen LogP contribution >= 0.6 is 0 Å². The summed E-state index contributed by atoms with van der Waals surface area (Å²) in [6.07, 6.45) is 4.46. The molecule has 0 bridgehead atoms. The Morgan fingerprint density at radius 2 is 2.17 bits per heavy atom. The molecular weight excluding hydrogens is 229 g/mol. The second kappa shape index (κ2) is 5.31. The quantitative estimate of drug-likeness (QED) is 0.902. The van der Waals surface area contributed by atoms with Gasteiger partial charge in [0.2, 0.25) is 0 Å². The van der Waals surface area contributed by atoms with Crippen molar-refractivity contribution in [2.45, 2.75) is 32.9 Å². The summed E-state index contributed by atoms with van der Waals surface area (Å²) in [5.74, 6) is -0.232. The normalized spacial score (nSPS) is 12.7. The van der Waals surface area contributed by atoms with Gasteiger partial charge < -0.3 is 5.73 Å². The summed E-state index contributed by atoms with van der Waals surface area (Å²) in [6.45, 7) is 4.75. The van der Waals surface area contributed by atoms with Gasteiger partial charge in [0.25, 0.3) is 0 Å². The molecule has 2 aromatic rings. The lowest BCUT2D eigenvalue weighted by Crippen LogP contribution is -2.13. The van der Waals surface area contributed by atoms with E-state index < -0.39 is 0 Å². The van der Waals surface area contributed by atoms with Gasteiger partial charge in [0.1, 0.15) is 5.82 Å². The highest BCUT2D eigenvalue weighted by Gasteiger charge is 2.10. The molecule has 1 aromatic carbocycles. The van der Waals surface area contributed by atoms with Crippen LogP contribution in [0.1, 0.15) is 29.7 Å². The first-order valence-electron chi connectivity index (χ1n) is 6.12. The predicted molar refractivity (Wildman–Crippen MR) is 69.7 cm³/mol. The van der Waals surface area contributed by atoms with Crippen LogP contribution in [0.2, 0.25) is 0 Å². The third-order valence-corrected chi connectivity index (χ3v) is 2.96. The van der Waals surface area contributed by atoms with Gasteiger partial charge in [0.05, 0.1) is 6.20 Å². The van der Waals surface area contributed by atoms with Crippen molar-refractivity contribution >= 4 is 0 Å². The zero-order valence-corrected chi connectivity index (χ0v) is 10.7. The maximum Gasteiger partial charge on any atom is 0.123 e. The van der Waals surface area contributed by atoms with Gasteiger partial charge in [-0.05, 0) is 49.1 Å². The second-order valence-corrected chi connectivity index (χ2v) is 4.58. The molecule has 0 amide bonds. The molecule has 18 heavy (non-hydrogen) atoms. The minimum Gasteiger partial charge on any atom is -0.324 e. The van der Waals surface area contributed by atoms with E-state index in [2.05, 4.69) is 5.10 Å². The van der Waals surface area contributed by atoms with Crippen molar-refractivity contribution in [3.63, 3.8) is 0 Å². The highest BCUT2D eigenvalue weighted by atomic mass is 19.1. The second-order valence-electron chi connectivity index (χ2n) is 4.58. The van der Waals surface area contributed by atoms with Gasteiger partial charge in [-0.1, -0.05) is 6.07 Å². The molecule has 2 rings (SSSR count). The minimum absolute atomic E-state index is 0.200. The summed E-state index contributed by atoms with van der Waals surface area (Å²) < 4.78 is 15.2. The summed E-state index contributed by atoms with van der Waals surface area (Å²) in [6, 6.07) is 4.74. The average molecular weight is 247 g/mol. The molecule has 0 aliphatic rings. The molecule has 0 saturated heterocycles. The van der Waals surface area contributed by atoms with Crippen molar-refractivity contribution < 1.29 is 4.39 Å². The zero-order chi connectivity index (χ0) is 13.1. The standard InChI is InChI=1S/C14H18FN3/c1-3-18-9-11(8-17-18)6-14(16)12-4-10(2)5-13(15)7-12/h4-5,7-9,14H,3,6,16H2,1-2H3. The summed E-state index contributed by atoms with van der Waals surface area (Å²) in [5.41, 5.74) is 8.91. The molecule has 0 aliphatic heterocycles. The summed E-state index contributed by atoms with van der Waals surface area (Å²) >= 11 is 0. The molecule has 0 saturated carbocycles. The monoisotopic (exact) mass is 247 g/mol. The molecule has 1 unspecified atom stereocenters. The van der Waals surface area contributed by atoms with Crippen molar-refractivity contribution in [1.82, 2.24) is 9.78 Å². The Morgan fingerprint density at radius 3 is 2.78 bits per heavy atom. The SMILES string of the molecule is CCn1cc(CC(N)c2cc(C)cc(F)c2)cn1. The number of hydrogen-bond donors (Lipinski definition) is 1. The molecule has 1 atom stereocenters. The molecule has 0 spiro atoms. The van der Waals surface area contributed by atoms with Gasteiger partial charge in [-0.2, -0.15) is 5.10 Å². The number of hydrogen-bond acceptors (Lipinski definition) is 2. The molecule has 0 fully saturated rings. The van der Waals surface area contributed by atoms with E-state index in [1.54, 1.807) is 0 Å². The first kappa shape index (κ1) is 12.8. The molecular formula is C14H18FN3. The fraction of sp³-hybridized carbons (Fsp3) is 0.357. The van der Waals surface area contributed by atoms with Crippen LogP contribution in [0.4, 0.5) is 4.39 Å². The van der Waals surface area contributed by atoms with Crippen molar-refractivity contribution in [2.75, 3.05) is 0 Å². The molecule has 1 aromatic heterocycles. The number of benzene rings is 1. The van der Waals surface area contributed by atoms with E-state index in [9.17, 15) is 4.39 Å². The Hall–Kier alpha value is -1.68. The lowest BCUT2D eigenvalue weighted by atomic mass is 10.00. The van der Waals surface area contributed by atoms with Gasteiger partial charge >= 0.3 is 0 Å². The van der Waals surface area contributed by atoms with E-state index in [1.807, 2.05) is 37.0 Å². The van der Waals surface area contributed by atoms with Crippen LogP contribution in [-0.4, -0.2) is 9.78 Å². The van der Waals surface area contributed by atoms with Gasteiger partial charge in [-0.3, -0.25) is 4.68 Å². The number of nitrogens with two attached hydrogens (primary N) is 1. The van der Waals surface area contributed by atoms with Crippen molar-refractivity contribution in [2.24, 2.45) is 5.73 Å². The van der Waals surface area contributed by atoms with Crippen LogP contribution in [0, 0.1) is 12.7 Å². The maximum atomic E-state index is 13.3. The van der Waals surface area contributed by atoms with Gasteiger partial charge in [-0.15, -0.1) is 0 Å². The van der Waals surface area contributed by atoms with Crippen LogP contribution in [0.25, 0.3) is 0 Å². The van der Waals surface area contributed by atoms with E-state index in [0.717, 1.165) is 23.2 Å². The summed E-state index contributed by atoms with van der Waals surface area (Å²) in [4.78, 5) is 0. The number of aromatic nitrogens is 2. The Bertz CT molecular complexity index is 513. The van der Waals surface area contributed by atoms with E-state index in [-0.39, 0.29) is 11.9 Å². The predicted octanol–water partition coefficient (Wildman–Crippen LogP) is 2.59. The Kier molecular flexibility index (Phi) is 3.77. The third-order valence-electron chi connectivity index (χ3n) is 2.96. The van der Waals surface area contributed by atoms with Crippen molar-refractivity contribution in [3.05, 3.63) is 53.1 Å². The Morgan fingerprint density at radius 1 is 1.39 bits per heavy atom. The lowest BCUT2D eigenvalue weighted by Gasteiger charge is -2.11. The van der Waals surface area contributed by atoms with Gasteiger partial charge in [0, 0.05) is 18.8 Å². The minimum atomic E-state index is -0.232. The van der Waals surface area contributed by atoms with Crippen LogP contribution < -0.4 is 5.73 Å². The van der Waals surface area contributed by atoms with E-state index >= 15 is 0 Å². The van der Waals surface area contributed by atoms with E-state index in [4.69, 9.17) is 5.73 Å². The fourth-order valence-electron chi connectivity index (χ4n) is 2.04. The highest BCUT2D eigenvalue weighted by Crippen LogP contribution is 2.18. The topological polar surface area (TPSA) is 43.8 Å². The maximum absolute atomic E-state index is 13.3. The molecule has 3 nitrogen and oxygen atoms in total. The zero-order valence-electron chi connectivity index (χ0n) is 10.7. The fourth-order valence-corrected chi connectivity index (χ4v) is 2.04. The van der Waals surface area contributed by atoms with Crippen LogP contribution in [0.5, 0.6) is 0 Å². The smallest absolute Gasteiger partial charge is 0.123 e. The van der Waals surface area contributed by atoms with E-state index in [1.165, 1.54) is 12.1 Å². The first-order valence-corrected chi connectivity index (χ1v) is 6.12. The van der Waals surface area contributed by atoms with Gasteiger partial charge in [-0.25, -0.2) is 4.39 Å². The summed E-state index contributed by atoms with van der Waals surface area (Å²) in [7, 11) is 0. The molecule has 4 heteroatoms. The Balaban J connectivity index is 2.13. The van der Waals surface area contributed by atoms with Crippen molar-refractivity contribution in [3.8, 4) is 0 Å². The van der Waals surface area contributed by atoms with Crippen LogP contribution in [0.15, 0.2) is 30.6 Å². The molecule has 0 aliphatic carbocycles.